The van der Waals surface area contributed by atoms with Crippen molar-refractivity contribution in [2.24, 2.45) is 0 Å². The van der Waals surface area contributed by atoms with Gasteiger partial charge in [-0.3, -0.25) is 9.69 Å². The van der Waals surface area contributed by atoms with Crippen molar-refractivity contribution in [3.8, 4) is 0 Å². The minimum Gasteiger partial charge on any atom is -0.480 e. The normalized spacial score (nSPS) is 21.6. The monoisotopic (exact) mass is 255 g/mol. The molecule has 0 bridgehead atoms. The van der Waals surface area contributed by atoms with Crippen LogP contribution in [0.5, 0.6) is 0 Å². The van der Waals surface area contributed by atoms with Gasteiger partial charge in [0.1, 0.15) is 6.04 Å². The van der Waals surface area contributed by atoms with Gasteiger partial charge in [0, 0.05) is 31.1 Å². The molecule has 6 heteroatoms. The first-order chi connectivity index (χ1) is 8.18. The number of aromatic nitrogens is 1. The first-order valence-corrected chi connectivity index (χ1v) is 6.63. The molecule has 1 aliphatic rings. The third-order valence-corrected chi connectivity index (χ3v) is 4.11. The van der Waals surface area contributed by atoms with E-state index in [1.807, 2.05) is 17.3 Å². The number of thiazole rings is 1. The second-order valence-corrected chi connectivity index (χ2v) is 5.14. The molecule has 1 fully saturated rings. The number of aryl methyl sites for hydroxylation is 1. The smallest absolute Gasteiger partial charge is 0.322 e. The van der Waals surface area contributed by atoms with Gasteiger partial charge in [0.25, 0.3) is 0 Å². The summed E-state index contributed by atoms with van der Waals surface area (Å²) >= 11 is 1.65. The molecule has 1 saturated heterocycles. The van der Waals surface area contributed by atoms with E-state index in [0.29, 0.717) is 6.54 Å². The van der Waals surface area contributed by atoms with Gasteiger partial charge in [-0.25, -0.2) is 4.98 Å². The molecule has 1 aromatic rings. The Morgan fingerprint density at radius 1 is 1.76 bits per heavy atom. The Morgan fingerprint density at radius 2 is 2.59 bits per heavy atom. The Balaban J connectivity index is 1.92. The van der Waals surface area contributed by atoms with Crippen molar-refractivity contribution in [1.29, 1.82) is 0 Å². The van der Waals surface area contributed by atoms with Crippen LogP contribution < -0.4 is 5.32 Å². The second kappa shape index (κ2) is 5.57. The summed E-state index contributed by atoms with van der Waals surface area (Å²) in [5.41, 5.74) is 2.91. The number of piperazine rings is 1. The molecule has 17 heavy (non-hydrogen) atoms. The molecule has 1 aliphatic heterocycles. The third kappa shape index (κ3) is 3.02. The largest absolute Gasteiger partial charge is 0.480 e. The fourth-order valence-electron chi connectivity index (χ4n) is 2.07. The van der Waals surface area contributed by atoms with Crippen LogP contribution >= 0.6 is 11.3 Å². The van der Waals surface area contributed by atoms with Gasteiger partial charge < -0.3 is 10.4 Å². The topological polar surface area (TPSA) is 65.5 Å². The Hall–Kier alpha value is -0.980. The molecule has 1 aromatic heterocycles. The summed E-state index contributed by atoms with van der Waals surface area (Å²) in [5, 5.41) is 12.2. The average Bonchev–Trinajstić information content (AvgIpc) is 2.72. The molecule has 5 nitrogen and oxygen atoms in total. The minimum atomic E-state index is -0.738. The van der Waals surface area contributed by atoms with E-state index in [9.17, 15) is 4.79 Å². The van der Waals surface area contributed by atoms with Crippen LogP contribution in [0.3, 0.4) is 0 Å². The van der Waals surface area contributed by atoms with Gasteiger partial charge in [-0.05, 0) is 13.3 Å². The highest BCUT2D eigenvalue weighted by atomic mass is 32.1. The SMILES string of the molecule is Cc1ncsc1CCN1CCNCC1C(=O)O. The van der Waals surface area contributed by atoms with Gasteiger partial charge in [0.2, 0.25) is 0 Å². The van der Waals surface area contributed by atoms with Crippen molar-refractivity contribution in [1.82, 2.24) is 15.2 Å². The maximum absolute atomic E-state index is 11.1. The van der Waals surface area contributed by atoms with Crippen LogP contribution in [0.1, 0.15) is 10.6 Å². The molecular weight excluding hydrogens is 238 g/mol. The standard InChI is InChI=1S/C11H17N3O2S/c1-8-10(17-7-13-8)2-4-14-5-3-12-6-9(14)11(15)16/h7,9,12H,2-6H2,1H3,(H,15,16). The van der Waals surface area contributed by atoms with Crippen molar-refractivity contribution in [2.45, 2.75) is 19.4 Å². The predicted octanol–water partition coefficient (Wildman–Crippen LogP) is 0.352. The number of nitrogens with one attached hydrogen (secondary N) is 1. The number of rotatable bonds is 4. The van der Waals surface area contributed by atoms with Crippen LogP contribution in [-0.4, -0.2) is 53.2 Å². The molecule has 1 unspecified atom stereocenters. The summed E-state index contributed by atoms with van der Waals surface area (Å²) in [4.78, 5) is 18.6. The van der Waals surface area contributed by atoms with Crippen LogP contribution in [0, 0.1) is 6.92 Å². The Labute approximate surface area is 104 Å². The minimum absolute atomic E-state index is 0.392. The Morgan fingerprint density at radius 3 is 3.24 bits per heavy atom. The molecule has 0 spiro atoms. The number of aliphatic carboxylic acids is 1. The maximum atomic E-state index is 11.1. The zero-order chi connectivity index (χ0) is 12.3. The Kier molecular flexibility index (Phi) is 4.09. The van der Waals surface area contributed by atoms with Crippen molar-refractivity contribution in [2.75, 3.05) is 26.2 Å². The van der Waals surface area contributed by atoms with Crippen molar-refractivity contribution >= 4 is 17.3 Å². The molecular formula is C11H17N3O2S. The van der Waals surface area contributed by atoms with Crippen LogP contribution in [0.4, 0.5) is 0 Å². The fraction of sp³-hybridized carbons (Fsp3) is 0.636. The molecule has 1 atom stereocenters. The molecule has 94 valence electrons. The van der Waals surface area contributed by atoms with E-state index in [0.717, 1.165) is 31.7 Å². The Bertz CT molecular complexity index is 394. The number of carboxylic acid groups (broad SMARTS) is 1. The van der Waals surface area contributed by atoms with E-state index < -0.39 is 12.0 Å². The summed E-state index contributed by atoms with van der Waals surface area (Å²) < 4.78 is 0. The first kappa shape index (κ1) is 12.5. The summed E-state index contributed by atoms with van der Waals surface area (Å²) in [6.45, 7) is 5.00. The molecule has 2 N–H and O–H groups in total. The van der Waals surface area contributed by atoms with Crippen molar-refractivity contribution in [3.05, 3.63) is 16.1 Å². The van der Waals surface area contributed by atoms with Crippen LogP contribution in [0.25, 0.3) is 0 Å². The van der Waals surface area contributed by atoms with E-state index in [4.69, 9.17) is 5.11 Å². The van der Waals surface area contributed by atoms with Crippen LogP contribution in [0.15, 0.2) is 5.51 Å². The summed E-state index contributed by atoms with van der Waals surface area (Å²) in [6.07, 6.45) is 0.889. The number of hydrogen-bond acceptors (Lipinski definition) is 5. The zero-order valence-electron chi connectivity index (χ0n) is 9.85. The second-order valence-electron chi connectivity index (χ2n) is 4.21. The van der Waals surface area contributed by atoms with Crippen LogP contribution in [-0.2, 0) is 11.2 Å². The molecule has 0 aliphatic carbocycles. The number of carboxylic acids is 1. The quantitative estimate of drug-likeness (QED) is 0.813. The number of hydrogen-bond donors (Lipinski definition) is 2. The molecule has 0 saturated carbocycles. The molecule has 2 rings (SSSR count). The summed E-state index contributed by atoms with van der Waals surface area (Å²) in [5.74, 6) is -0.738. The number of carbonyl (C=O) groups is 1. The van der Waals surface area contributed by atoms with Gasteiger partial charge in [-0.1, -0.05) is 0 Å². The van der Waals surface area contributed by atoms with Crippen LogP contribution in [0.2, 0.25) is 0 Å². The van der Waals surface area contributed by atoms with Gasteiger partial charge >= 0.3 is 5.97 Å². The van der Waals surface area contributed by atoms with E-state index in [1.54, 1.807) is 11.3 Å². The average molecular weight is 255 g/mol. The van der Waals surface area contributed by atoms with Gasteiger partial charge in [-0.2, -0.15) is 0 Å². The lowest BCUT2D eigenvalue weighted by Crippen LogP contribution is -2.55. The zero-order valence-corrected chi connectivity index (χ0v) is 10.7. The molecule has 0 radical (unpaired) electrons. The van der Waals surface area contributed by atoms with Gasteiger partial charge in [0.05, 0.1) is 11.2 Å². The van der Waals surface area contributed by atoms with E-state index in [1.165, 1.54) is 4.88 Å². The molecule has 2 heterocycles. The van der Waals surface area contributed by atoms with E-state index in [2.05, 4.69) is 10.3 Å². The van der Waals surface area contributed by atoms with Crippen molar-refractivity contribution in [3.63, 3.8) is 0 Å². The highest BCUT2D eigenvalue weighted by molar-refractivity contribution is 7.09. The lowest BCUT2D eigenvalue weighted by Gasteiger charge is -2.33. The molecule has 0 aromatic carbocycles. The third-order valence-electron chi connectivity index (χ3n) is 3.11. The molecule has 0 amide bonds. The van der Waals surface area contributed by atoms with E-state index >= 15 is 0 Å². The summed E-state index contributed by atoms with van der Waals surface area (Å²) in [6, 6.07) is -0.392. The maximum Gasteiger partial charge on any atom is 0.322 e. The highest BCUT2D eigenvalue weighted by Crippen LogP contribution is 2.14. The lowest BCUT2D eigenvalue weighted by molar-refractivity contribution is -0.143. The number of nitrogens with zero attached hydrogens (tertiary/aromatic N) is 2. The van der Waals surface area contributed by atoms with E-state index in [-0.39, 0.29) is 0 Å². The first-order valence-electron chi connectivity index (χ1n) is 5.75. The van der Waals surface area contributed by atoms with Gasteiger partial charge in [-0.15, -0.1) is 11.3 Å². The summed E-state index contributed by atoms with van der Waals surface area (Å²) in [7, 11) is 0. The fourth-order valence-corrected chi connectivity index (χ4v) is 2.84. The lowest BCUT2D eigenvalue weighted by atomic mass is 10.1. The van der Waals surface area contributed by atoms with Gasteiger partial charge in [0.15, 0.2) is 0 Å². The predicted molar refractivity (Wildman–Crippen MR) is 66.4 cm³/mol. The van der Waals surface area contributed by atoms with Crippen molar-refractivity contribution < 1.29 is 9.90 Å². The highest BCUT2D eigenvalue weighted by Gasteiger charge is 2.27.